The Morgan fingerprint density at radius 1 is 1.00 bits per heavy atom. The smallest absolute Gasteiger partial charge is 0.174 e. The zero-order valence-electron chi connectivity index (χ0n) is 8.63. The zero-order valence-corrected chi connectivity index (χ0v) is 9.52. The third-order valence-corrected chi connectivity index (χ3v) is 2.55. The van der Waals surface area contributed by atoms with Gasteiger partial charge in [-0.05, 0) is 17.7 Å². The number of hydrogen-bond acceptors (Lipinski definition) is 3. The number of para-hydroxylation sites is 1. The summed E-state index contributed by atoms with van der Waals surface area (Å²) in [6.07, 6.45) is 0. The largest absolute Gasteiger partial charge is 0.504 e. The summed E-state index contributed by atoms with van der Waals surface area (Å²) in [5.41, 5.74) is 1.05. The maximum atomic E-state index is 9.60. The molecule has 0 amide bonds. The Morgan fingerprint density at radius 2 is 1.75 bits per heavy atom. The Kier molecular flexibility index (Phi) is 3.37. The van der Waals surface area contributed by atoms with Gasteiger partial charge in [0.2, 0.25) is 0 Å². The summed E-state index contributed by atoms with van der Waals surface area (Å²) in [6, 6.07) is 14.9. The SMILES string of the molecule is Oc1cccc(S)c1OCc1ccccc1. The highest BCUT2D eigenvalue weighted by atomic mass is 32.1. The first-order valence-electron chi connectivity index (χ1n) is 4.95. The van der Waals surface area contributed by atoms with E-state index in [9.17, 15) is 5.11 Å². The summed E-state index contributed by atoms with van der Waals surface area (Å²) in [7, 11) is 0. The zero-order chi connectivity index (χ0) is 11.4. The minimum absolute atomic E-state index is 0.114. The molecule has 0 saturated carbocycles. The average Bonchev–Trinajstić information content (AvgIpc) is 2.30. The highest BCUT2D eigenvalue weighted by molar-refractivity contribution is 7.80. The van der Waals surface area contributed by atoms with Gasteiger partial charge in [-0.15, -0.1) is 12.6 Å². The maximum Gasteiger partial charge on any atom is 0.174 e. The molecule has 0 aliphatic heterocycles. The molecule has 0 bridgehead atoms. The van der Waals surface area contributed by atoms with Crippen molar-refractivity contribution in [3.63, 3.8) is 0 Å². The summed E-state index contributed by atoms with van der Waals surface area (Å²) < 4.78 is 5.53. The average molecular weight is 232 g/mol. The molecule has 2 aromatic carbocycles. The standard InChI is InChI=1S/C13H12O2S/c14-11-7-4-8-12(16)13(11)15-9-10-5-2-1-3-6-10/h1-8,14,16H,9H2. The molecule has 3 heteroatoms. The van der Waals surface area contributed by atoms with Crippen molar-refractivity contribution in [2.75, 3.05) is 0 Å². The van der Waals surface area contributed by atoms with Crippen molar-refractivity contribution in [1.29, 1.82) is 0 Å². The van der Waals surface area contributed by atoms with Gasteiger partial charge >= 0.3 is 0 Å². The van der Waals surface area contributed by atoms with Crippen LogP contribution in [0.3, 0.4) is 0 Å². The molecular formula is C13H12O2S. The van der Waals surface area contributed by atoms with Crippen LogP contribution in [0.25, 0.3) is 0 Å². The molecule has 0 saturated heterocycles. The molecule has 0 radical (unpaired) electrons. The van der Waals surface area contributed by atoms with Crippen LogP contribution in [0.4, 0.5) is 0 Å². The molecule has 0 fully saturated rings. The van der Waals surface area contributed by atoms with Crippen molar-refractivity contribution < 1.29 is 9.84 Å². The molecule has 0 aromatic heterocycles. The first-order valence-corrected chi connectivity index (χ1v) is 5.40. The van der Waals surface area contributed by atoms with Crippen molar-refractivity contribution in [2.24, 2.45) is 0 Å². The number of aromatic hydroxyl groups is 1. The Hall–Kier alpha value is -1.61. The van der Waals surface area contributed by atoms with Gasteiger partial charge in [-0.1, -0.05) is 36.4 Å². The molecule has 2 nitrogen and oxygen atoms in total. The highest BCUT2D eigenvalue weighted by Gasteiger charge is 2.05. The number of ether oxygens (including phenoxy) is 1. The number of phenolic OH excluding ortho intramolecular Hbond substituents is 1. The van der Waals surface area contributed by atoms with E-state index in [2.05, 4.69) is 12.6 Å². The lowest BCUT2D eigenvalue weighted by Crippen LogP contribution is -1.96. The van der Waals surface area contributed by atoms with Gasteiger partial charge in [-0.2, -0.15) is 0 Å². The Morgan fingerprint density at radius 3 is 2.44 bits per heavy atom. The predicted octanol–water partition coefficient (Wildman–Crippen LogP) is 3.26. The van der Waals surface area contributed by atoms with E-state index in [0.717, 1.165) is 5.56 Å². The van der Waals surface area contributed by atoms with Gasteiger partial charge < -0.3 is 9.84 Å². The molecule has 82 valence electrons. The number of thiol groups is 1. The molecule has 2 aromatic rings. The van der Waals surface area contributed by atoms with Crippen LogP contribution >= 0.6 is 12.6 Å². The van der Waals surface area contributed by atoms with Crippen LogP contribution in [0, 0.1) is 0 Å². The Bertz CT molecular complexity index is 448. The number of rotatable bonds is 3. The van der Waals surface area contributed by atoms with Gasteiger partial charge in [0, 0.05) is 0 Å². The molecule has 1 N–H and O–H groups in total. The molecular weight excluding hydrogens is 220 g/mol. The van der Waals surface area contributed by atoms with Crippen molar-refractivity contribution in [1.82, 2.24) is 0 Å². The van der Waals surface area contributed by atoms with Crippen LogP contribution in [0.2, 0.25) is 0 Å². The van der Waals surface area contributed by atoms with Crippen LogP contribution in [0.1, 0.15) is 5.56 Å². The fraction of sp³-hybridized carbons (Fsp3) is 0.0769. The monoisotopic (exact) mass is 232 g/mol. The van der Waals surface area contributed by atoms with Gasteiger partial charge in [0.05, 0.1) is 4.90 Å². The lowest BCUT2D eigenvalue weighted by molar-refractivity contribution is 0.282. The highest BCUT2D eigenvalue weighted by Crippen LogP contribution is 2.32. The number of benzene rings is 2. The number of hydrogen-bond donors (Lipinski definition) is 2. The molecule has 0 heterocycles. The van der Waals surface area contributed by atoms with E-state index in [-0.39, 0.29) is 5.75 Å². The van der Waals surface area contributed by atoms with Crippen LogP contribution in [0.5, 0.6) is 11.5 Å². The van der Waals surface area contributed by atoms with Gasteiger partial charge in [0.1, 0.15) is 6.61 Å². The Balaban J connectivity index is 2.11. The van der Waals surface area contributed by atoms with Crippen LogP contribution < -0.4 is 4.74 Å². The van der Waals surface area contributed by atoms with Gasteiger partial charge in [-0.25, -0.2) is 0 Å². The van der Waals surface area contributed by atoms with E-state index in [1.165, 1.54) is 0 Å². The van der Waals surface area contributed by atoms with Crippen molar-refractivity contribution in [2.45, 2.75) is 11.5 Å². The lowest BCUT2D eigenvalue weighted by atomic mass is 10.2. The van der Waals surface area contributed by atoms with Crippen molar-refractivity contribution in [3.05, 3.63) is 54.1 Å². The van der Waals surface area contributed by atoms with Crippen LogP contribution in [-0.4, -0.2) is 5.11 Å². The Labute approximate surface area is 99.9 Å². The second kappa shape index (κ2) is 4.94. The first-order chi connectivity index (χ1) is 7.77. The number of phenols is 1. The molecule has 2 rings (SSSR count). The molecule has 0 spiro atoms. The molecule has 0 unspecified atom stereocenters. The quantitative estimate of drug-likeness (QED) is 0.795. The van der Waals surface area contributed by atoms with E-state index < -0.39 is 0 Å². The minimum Gasteiger partial charge on any atom is -0.504 e. The molecule has 0 aliphatic rings. The van der Waals surface area contributed by atoms with E-state index in [4.69, 9.17) is 4.74 Å². The van der Waals surface area contributed by atoms with Crippen molar-refractivity contribution in [3.8, 4) is 11.5 Å². The predicted molar refractivity (Wildman–Crippen MR) is 66.1 cm³/mol. The second-order valence-corrected chi connectivity index (χ2v) is 3.88. The van der Waals surface area contributed by atoms with E-state index >= 15 is 0 Å². The minimum atomic E-state index is 0.114. The molecule has 16 heavy (non-hydrogen) atoms. The summed E-state index contributed by atoms with van der Waals surface area (Å²) in [4.78, 5) is 0.635. The summed E-state index contributed by atoms with van der Waals surface area (Å²) in [5.74, 6) is 0.540. The maximum absolute atomic E-state index is 9.60. The second-order valence-electron chi connectivity index (χ2n) is 3.40. The van der Waals surface area contributed by atoms with Crippen LogP contribution in [-0.2, 0) is 6.61 Å². The molecule has 0 atom stereocenters. The summed E-state index contributed by atoms with van der Waals surface area (Å²) in [6.45, 7) is 0.423. The van der Waals surface area contributed by atoms with Gasteiger partial charge in [-0.3, -0.25) is 0 Å². The lowest BCUT2D eigenvalue weighted by Gasteiger charge is -2.09. The van der Waals surface area contributed by atoms with E-state index in [0.29, 0.717) is 17.3 Å². The normalized spacial score (nSPS) is 10.1. The topological polar surface area (TPSA) is 29.5 Å². The summed E-state index contributed by atoms with van der Waals surface area (Å²) in [5, 5.41) is 9.60. The van der Waals surface area contributed by atoms with Gasteiger partial charge in [0.15, 0.2) is 11.5 Å². The van der Waals surface area contributed by atoms with Gasteiger partial charge in [0.25, 0.3) is 0 Å². The first kappa shape index (κ1) is 10.9. The van der Waals surface area contributed by atoms with E-state index in [1.807, 2.05) is 30.3 Å². The fourth-order valence-corrected chi connectivity index (χ4v) is 1.66. The fourth-order valence-electron chi connectivity index (χ4n) is 1.39. The van der Waals surface area contributed by atoms with Crippen molar-refractivity contribution >= 4 is 12.6 Å². The third kappa shape index (κ3) is 2.49. The summed E-state index contributed by atoms with van der Waals surface area (Å²) >= 11 is 4.23. The van der Waals surface area contributed by atoms with Crippen LogP contribution in [0.15, 0.2) is 53.4 Å². The third-order valence-electron chi connectivity index (χ3n) is 2.20. The molecule has 0 aliphatic carbocycles. The van der Waals surface area contributed by atoms with E-state index in [1.54, 1.807) is 18.2 Å².